The first kappa shape index (κ1) is 12.3. The molecule has 0 saturated carbocycles. The zero-order valence-corrected chi connectivity index (χ0v) is 9.58. The number of hydrazine groups is 1. The molecule has 0 aliphatic rings. The Bertz CT molecular complexity index is 398. The van der Waals surface area contributed by atoms with Gasteiger partial charge in [0.05, 0.1) is 5.56 Å². The van der Waals surface area contributed by atoms with Crippen LogP contribution in [-0.4, -0.2) is 16.6 Å². The number of nitrogens with two attached hydrogens (primary N) is 1. The maximum absolute atomic E-state index is 5.47. The molecule has 5 nitrogen and oxygen atoms in total. The van der Waals surface area contributed by atoms with Crippen molar-refractivity contribution in [2.45, 2.75) is 26.7 Å². The third kappa shape index (κ3) is 2.84. The van der Waals surface area contributed by atoms with Crippen LogP contribution >= 0.6 is 0 Å². The summed E-state index contributed by atoms with van der Waals surface area (Å²) in [6, 6.07) is 0. The van der Waals surface area contributed by atoms with Gasteiger partial charge in [-0.15, -0.1) is 12.3 Å². The fraction of sp³-hybridized carbons (Fsp3) is 0.455. The molecule has 1 heterocycles. The lowest BCUT2D eigenvalue weighted by Crippen LogP contribution is -2.13. The van der Waals surface area contributed by atoms with E-state index in [0.29, 0.717) is 30.5 Å². The van der Waals surface area contributed by atoms with Crippen LogP contribution < -0.4 is 16.0 Å². The summed E-state index contributed by atoms with van der Waals surface area (Å²) in [4.78, 5) is 8.50. The van der Waals surface area contributed by atoms with Crippen LogP contribution in [0.1, 0.15) is 24.7 Å². The topological polar surface area (TPSA) is 73.1 Å². The van der Waals surface area contributed by atoms with Gasteiger partial charge < -0.3 is 10.2 Å². The Morgan fingerprint density at radius 1 is 1.50 bits per heavy atom. The Morgan fingerprint density at radius 3 is 2.81 bits per heavy atom. The van der Waals surface area contributed by atoms with E-state index in [4.69, 9.17) is 17.0 Å². The number of hydrogen-bond donors (Lipinski definition) is 2. The molecule has 86 valence electrons. The third-order valence-electron chi connectivity index (χ3n) is 2.09. The van der Waals surface area contributed by atoms with Crippen molar-refractivity contribution in [2.24, 2.45) is 5.84 Å². The summed E-state index contributed by atoms with van der Waals surface area (Å²) in [5.74, 6) is 9.69. The number of aromatic nitrogens is 2. The molecule has 1 aromatic rings. The number of nitrogen functional groups attached to an aromatic ring is 1. The van der Waals surface area contributed by atoms with E-state index in [0.717, 1.165) is 12.0 Å². The first-order chi connectivity index (χ1) is 7.72. The molecule has 0 unspecified atom stereocenters. The average Bonchev–Trinajstić information content (AvgIpc) is 2.31. The van der Waals surface area contributed by atoms with Crippen molar-refractivity contribution in [3.8, 4) is 18.2 Å². The molecule has 0 fully saturated rings. The quantitative estimate of drug-likeness (QED) is 0.335. The molecule has 5 heteroatoms. The summed E-state index contributed by atoms with van der Waals surface area (Å²) in [5.41, 5.74) is 3.32. The van der Waals surface area contributed by atoms with Gasteiger partial charge in [-0.2, -0.15) is 4.98 Å². The van der Waals surface area contributed by atoms with Gasteiger partial charge in [-0.3, -0.25) is 0 Å². The Hall–Kier alpha value is -1.80. The van der Waals surface area contributed by atoms with Gasteiger partial charge in [0.25, 0.3) is 0 Å². The summed E-state index contributed by atoms with van der Waals surface area (Å²) < 4.78 is 5.47. The second-order valence-corrected chi connectivity index (χ2v) is 3.22. The number of hydrogen-bond acceptors (Lipinski definition) is 5. The zero-order chi connectivity index (χ0) is 12.0. The van der Waals surface area contributed by atoms with Gasteiger partial charge in [-0.25, -0.2) is 10.8 Å². The van der Waals surface area contributed by atoms with Crippen LogP contribution in [0.4, 0.5) is 5.82 Å². The van der Waals surface area contributed by atoms with Crippen LogP contribution in [-0.2, 0) is 6.42 Å². The second kappa shape index (κ2) is 5.93. The molecule has 0 atom stereocenters. The first-order valence-corrected chi connectivity index (χ1v) is 5.13. The molecule has 1 rings (SSSR count). The SMILES string of the molecule is C#CCCOc1nc(CC)nc(NN)c1C. The van der Waals surface area contributed by atoms with E-state index < -0.39 is 0 Å². The molecule has 0 saturated heterocycles. The molecule has 0 aromatic carbocycles. The van der Waals surface area contributed by atoms with Crippen LogP contribution in [0.3, 0.4) is 0 Å². The Kier molecular flexibility index (Phi) is 4.55. The first-order valence-electron chi connectivity index (χ1n) is 5.13. The molecule has 0 spiro atoms. The molecule has 0 aliphatic carbocycles. The maximum atomic E-state index is 5.47. The summed E-state index contributed by atoms with van der Waals surface area (Å²) in [6.07, 6.45) is 6.42. The average molecular weight is 220 g/mol. The summed E-state index contributed by atoms with van der Waals surface area (Å²) in [6.45, 7) is 4.26. The highest BCUT2D eigenvalue weighted by Gasteiger charge is 2.10. The largest absolute Gasteiger partial charge is 0.476 e. The molecule has 0 amide bonds. The number of terminal acetylenes is 1. The Balaban J connectivity index is 2.93. The second-order valence-electron chi connectivity index (χ2n) is 3.22. The van der Waals surface area contributed by atoms with E-state index in [1.165, 1.54) is 0 Å². The highest BCUT2D eigenvalue weighted by atomic mass is 16.5. The minimum absolute atomic E-state index is 0.446. The number of rotatable bonds is 5. The highest BCUT2D eigenvalue weighted by molar-refractivity contribution is 5.47. The normalized spacial score (nSPS) is 9.62. The van der Waals surface area contributed by atoms with Gasteiger partial charge in [0.1, 0.15) is 18.2 Å². The highest BCUT2D eigenvalue weighted by Crippen LogP contribution is 2.21. The lowest BCUT2D eigenvalue weighted by Gasteiger charge is -2.11. The van der Waals surface area contributed by atoms with Crippen LogP contribution in [0, 0.1) is 19.3 Å². The standard InChI is InChI=1S/C11H16N4O/c1-4-6-7-16-11-8(3)10(15-12)13-9(5-2)14-11/h1H,5-7,12H2,2-3H3,(H,13,14,15). The Labute approximate surface area is 95.4 Å². The van der Waals surface area contributed by atoms with Gasteiger partial charge in [0.15, 0.2) is 0 Å². The zero-order valence-electron chi connectivity index (χ0n) is 9.58. The van der Waals surface area contributed by atoms with Crippen molar-refractivity contribution < 1.29 is 4.74 Å². The molecule has 0 bridgehead atoms. The predicted molar refractivity (Wildman–Crippen MR) is 62.9 cm³/mol. The van der Waals surface area contributed by atoms with Gasteiger partial charge in [-0.1, -0.05) is 6.92 Å². The van der Waals surface area contributed by atoms with Crippen molar-refractivity contribution in [3.63, 3.8) is 0 Å². The minimum atomic E-state index is 0.446. The minimum Gasteiger partial charge on any atom is -0.476 e. The number of ether oxygens (including phenoxy) is 1. The fourth-order valence-corrected chi connectivity index (χ4v) is 1.19. The van der Waals surface area contributed by atoms with Crippen molar-refractivity contribution in [1.82, 2.24) is 9.97 Å². The summed E-state index contributed by atoms with van der Waals surface area (Å²) in [7, 11) is 0. The van der Waals surface area contributed by atoms with Gasteiger partial charge in [0, 0.05) is 12.8 Å². The smallest absolute Gasteiger partial charge is 0.221 e. The van der Waals surface area contributed by atoms with Gasteiger partial charge >= 0.3 is 0 Å². The molecule has 16 heavy (non-hydrogen) atoms. The van der Waals surface area contributed by atoms with E-state index in [1.54, 1.807) is 0 Å². The molecular formula is C11H16N4O. The van der Waals surface area contributed by atoms with Gasteiger partial charge in [0.2, 0.25) is 5.88 Å². The fourth-order valence-electron chi connectivity index (χ4n) is 1.19. The number of anilines is 1. The van der Waals surface area contributed by atoms with E-state index in [1.807, 2.05) is 13.8 Å². The van der Waals surface area contributed by atoms with Crippen molar-refractivity contribution in [3.05, 3.63) is 11.4 Å². The number of aryl methyl sites for hydroxylation is 1. The van der Waals surface area contributed by atoms with Crippen LogP contribution in [0.5, 0.6) is 5.88 Å². The van der Waals surface area contributed by atoms with Crippen molar-refractivity contribution >= 4 is 5.82 Å². The number of nitrogens with one attached hydrogen (secondary N) is 1. The van der Waals surface area contributed by atoms with E-state index in [2.05, 4.69) is 21.3 Å². The van der Waals surface area contributed by atoms with E-state index in [9.17, 15) is 0 Å². The van der Waals surface area contributed by atoms with Crippen LogP contribution in [0.25, 0.3) is 0 Å². The van der Waals surface area contributed by atoms with E-state index in [-0.39, 0.29) is 0 Å². The number of nitrogens with zero attached hydrogens (tertiary/aromatic N) is 2. The lowest BCUT2D eigenvalue weighted by molar-refractivity contribution is 0.310. The monoisotopic (exact) mass is 220 g/mol. The predicted octanol–water partition coefficient (Wildman–Crippen LogP) is 1.04. The summed E-state index contributed by atoms with van der Waals surface area (Å²) >= 11 is 0. The van der Waals surface area contributed by atoms with Crippen molar-refractivity contribution in [2.75, 3.05) is 12.0 Å². The van der Waals surface area contributed by atoms with Crippen LogP contribution in [0.2, 0.25) is 0 Å². The van der Waals surface area contributed by atoms with Gasteiger partial charge in [-0.05, 0) is 6.92 Å². The van der Waals surface area contributed by atoms with Crippen LogP contribution in [0.15, 0.2) is 0 Å². The summed E-state index contributed by atoms with van der Waals surface area (Å²) in [5, 5.41) is 0. The van der Waals surface area contributed by atoms with Crippen molar-refractivity contribution in [1.29, 1.82) is 0 Å². The molecular weight excluding hydrogens is 204 g/mol. The third-order valence-corrected chi connectivity index (χ3v) is 2.09. The maximum Gasteiger partial charge on any atom is 0.221 e. The molecule has 0 radical (unpaired) electrons. The molecule has 3 N–H and O–H groups in total. The Morgan fingerprint density at radius 2 is 2.25 bits per heavy atom. The van der Waals surface area contributed by atoms with E-state index >= 15 is 0 Å². The molecule has 1 aromatic heterocycles. The lowest BCUT2D eigenvalue weighted by atomic mass is 10.3. The molecule has 0 aliphatic heterocycles.